The van der Waals surface area contributed by atoms with Gasteiger partial charge < -0.3 is 9.47 Å². The van der Waals surface area contributed by atoms with Gasteiger partial charge in [-0.1, -0.05) is 0 Å². The first-order chi connectivity index (χ1) is 9.98. The van der Waals surface area contributed by atoms with Gasteiger partial charge in [0.05, 0.1) is 24.4 Å². The Morgan fingerprint density at radius 3 is 1.32 bits per heavy atom. The zero-order valence-corrected chi connectivity index (χ0v) is 16.1. The van der Waals surface area contributed by atoms with E-state index in [0.29, 0.717) is 12.1 Å². The molecule has 0 aromatic heterocycles. The lowest BCUT2D eigenvalue weighted by atomic mass is 10.1. The first kappa shape index (κ1) is 19.9. The van der Waals surface area contributed by atoms with Crippen molar-refractivity contribution in [2.75, 3.05) is 39.4 Å². The minimum atomic E-state index is -0.0407. The van der Waals surface area contributed by atoms with E-state index in [0.717, 1.165) is 39.4 Å². The average Bonchev–Trinajstić information content (AvgIpc) is 2.31. The standard InChI is InChI=1S/C18H38N2O2/c1-15-13-20(10-12-22-18(6,7)8)16(2)14-19(15)9-11-21-17(3,4)5/h15-16H,9-14H2,1-8H3. The van der Waals surface area contributed by atoms with Crippen LogP contribution in [0.3, 0.4) is 0 Å². The number of ether oxygens (including phenoxy) is 2. The summed E-state index contributed by atoms with van der Waals surface area (Å²) in [7, 11) is 0. The maximum absolute atomic E-state index is 5.87. The van der Waals surface area contributed by atoms with Crippen LogP contribution in [0.25, 0.3) is 0 Å². The summed E-state index contributed by atoms with van der Waals surface area (Å²) in [6.07, 6.45) is 0. The van der Waals surface area contributed by atoms with Gasteiger partial charge in [0.2, 0.25) is 0 Å². The smallest absolute Gasteiger partial charge is 0.0600 e. The SMILES string of the molecule is CC1CN(CCOC(C)(C)C)C(C)CN1CCOC(C)(C)C. The topological polar surface area (TPSA) is 24.9 Å². The van der Waals surface area contributed by atoms with Crippen LogP contribution >= 0.6 is 0 Å². The van der Waals surface area contributed by atoms with Gasteiger partial charge in [0, 0.05) is 38.3 Å². The average molecular weight is 315 g/mol. The lowest BCUT2D eigenvalue weighted by Crippen LogP contribution is -2.57. The summed E-state index contributed by atoms with van der Waals surface area (Å²) in [6.45, 7) is 23.2. The maximum atomic E-state index is 5.87. The summed E-state index contributed by atoms with van der Waals surface area (Å²) < 4.78 is 11.7. The Morgan fingerprint density at radius 1 is 0.727 bits per heavy atom. The molecular weight excluding hydrogens is 276 g/mol. The lowest BCUT2D eigenvalue weighted by Gasteiger charge is -2.44. The number of hydrogen-bond acceptors (Lipinski definition) is 4. The molecule has 0 saturated carbocycles. The van der Waals surface area contributed by atoms with Crippen LogP contribution in [0, 0.1) is 0 Å². The van der Waals surface area contributed by atoms with E-state index in [1.54, 1.807) is 0 Å². The summed E-state index contributed by atoms with van der Waals surface area (Å²) in [5.74, 6) is 0. The number of piperazine rings is 1. The highest BCUT2D eigenvalue weighted by atomic mass is 16.5. The third kappa shape index (κ3) is 7.91. The molecule has 132 valence electrons. The molecule has 0 radical (unpaired) electrons. The molecule has 2 unspecified atom stereocenters. The van der Waals surface area contributed by atoms with Crippen molar-refractivity contribution < 1.29 is 9.47 Å². The third-order valence-corrected chi connectivity index (χ3v) is 4.07. The Bertz CT molecular complexity index is 288. The van der Waals surface area contributed by atoms with Gasteiger partial charge >= 0.3 is 0 Å². The lowest BCUT2D eigenvalue weighted by molar-refractivity contribution is -0.0469. The molecule has 0 aromatic carbocycles. The van der Waals surface area contributed by atoms with Gasteiger partial charge in [0.1, 0.15) is 0 Å². The van der Waals surface area contributed by atoms with E-state index < -0.39 is 0 Å². The molecule has 4 heteroatoms. The van der Waals surface area contributed by atoms with Gasteiger partial charge in [0.15, 0.2) is 0 Å². The number of nitrogens with zero attached hydrogens (tertiary/aromatic N) is 2. The van der Waals surface area contributed by atoms with Gasteiger partial charge in [-0.05, 0) is 55.4 Å². The highest BCUT2D eigenvalue weighted by Gasteiger charge is 2.29. The Kier molecular flexibility index (Phi) is 7.31. The second-order valence-electron chi connectivity index (χ2n) is 8.61. The van der Waals surface area contributed by atoms with E-state index in [1.807, 2.05) is 0 Å². The summed E-state index contributed by atoms with van der Waals surface area (Å²) >= 11 is 0. The second kappa shape index (κ2) is 8.09. The molecular formula is C18H38N2O2. The first-order valence-electron chi connectivity index (χ1n) is 8.74. The van der Waals surface area contributed by atoms with Gasteiger partial charge in [-0.2, -0.15) is 0 Å². The quantitative estimate of drug-likeness (QED) is 0.752. The van der Waals surface area contributed by atoms with Gasteiger partial charge in [-0.15, -0.1) is 0 Å². The van der Waals surface area contributed by atoms with Crippen LogP contribution in [0.5, 0.6) is 0 Å². The van der Waals surface area contributed by atoms with Crippen LogP contribution < -0.4 is 0 Å². The Labute approximate surface area is 138 Å². The molecule has 0 N–H and O–H groups in total. The Morgan fingerprint density at radius 2 is 1.05 bits per heavy atom. The molecule has 2 atom stereocenters. The van der Waals surface area contributed by atoms with Crippen molar-refractivity contribution in [2.45, 2.75) is 78.7 Å². The monoisotopic (exact) mass is 314 g/mol. The third-order valence-electron chi connectivity index (χ3n) is 4.07. The summed E-state index contributed by atoms with van der Waals surface area (Å²) in [4.78, 5) is 5.11. The van der Waals surface area contributed by atoms with Crippen molar-refractivity contribution >= 4 is 0 Å². The van der Waals surface area contributed by atoms with Crippen molar-refractivity contribution in [2.24, 2.45) is 0 Å². The van der Waals surface area contributed by atoms with Gasteiger partial charge in [0.25, 0.3) is 0 Å². The molecule has 0 aromatic rings. The number of hydrogen-bond donors (Lipinski definition) is 0. The summed E-state index contributed by atoms with van der Waals surface area (Å²) in [6, 6.07) is 1.16. The molecule has 0 spiro atoms. The molecule has 4 nitrogen and oxygen atoms in total. The summed E-state index contributed by atoms with van der Waals surface area (Å²) in [5, 5.41) is 0. The molecule has 1 rings (SSSR count). The normalized spacial score (nSPS) is 25.6. The van der Waals surface area contributed by atoms with Crippen LogP contribution in [0.2, 0.25) is 0 Å². The number of rotatable bonds is 6. The fourth-order valence-electron chi connectivity index (χ4n) is 2.83. The van der Waals surface area contributed by atoms with E-state index in [1.165, 1.54) is 0 Å². The molecule has 1 aliphatic rings. The van der Waals surface area contributed by atoms with E-state index in [4.69, 9.17) is 9.47 Å². The van der Waals surface area contributed by atoms with E-state index in [-0.39, 0.29) is 11.2 Å². The molecule has 1 heterocycles. The van der Waals surface area contributed by atoms with Crippen molar-refractivity contribution in [3.8, 4) is 0 Å². The Balaban J connectivity index is 2.34. The highest BCUT2D eigenvalue weighted by molar-refractivity contribution is 4.84. The van der Waals surface area contributed by atoms with Gasteiger partial charge in [-0.25, -0.2) is 0 Å². The van der Waals surface area contributed by atoms with Crippen molar-refractivity contribution in [1.82, 2.24) is 9.80 Å². The van der Waals surface area contributed by atoms with Crippen molar-refractivity contribution in [3.63, 3.8) is 0 Å². The van der Waals surface area contributed by atoms with E-state index in [9.17, 15) is 0 Å². The minimum Gasteiger partial charge on any atom is -0.375 e. The Hall–Kier alpha value is -0.160. The first-order valence-corrected chi connectivity index (χ1v) is 8.74. The van der Waals surface area contributed by atoms with Crippen LogP contribution in [0.15, 0.2) is 0 Å². The maximum Gasteiger partial charge on any atom is 0.0600 e. The largest absolute Gasteiger partial charge is 0.375 e. The predicted molar refractivity (Wildman–Crippen MR) is 93.5 cm³/mol. The van der Waals surface area contributed by atoms with Gasteiger partial charge in [-0.3, -0.25) is 9.80 Å². The van der Waals surface area contributed by atoms with Crippen LogP contribution in [0.1, 0.15) is 55.4 Å². The molecule has 1 aliphatic heterocycles. The van der Waals surface area contributed by atoms with E-state index >= 15 is 0 Å². The molecule has 1 saturated heterocycles. The fraction of sp³-hybridized carbons (Fsp3) is 1.00. The van der Waals surface area contributed by atoms with E-state index in [2.05, 4.69) is 65.2 Å². The summed E-state index contributed by atoms with van der Waals surface area (Å²) in [5.41, 5.74) is -0.0814. The molecule has 0 bridgehead atoms. The predicted octanol–water partition coefficient (Wildman–Crippen LogP) is 3.01. The van der Waals surface area contributed by atoms with Crippen LogP contribution in [0.4, 0.5) is 0 Å². The van der Waals surface area contributed by atoms with Crippen LogP contribution in [-0.2, 0) is 9.47 Å². The second-order valence-corrected chi connectivity index (χ2v) is 8.61. The van der Waals surface area contributed by atoms with Crippen molar-refractivity contribution in [1.29, 1.82) is 0 Å². The zero-order valence-electron chi connectivity index (χ0n) is 16.1. The molecule has 1 fully saturated rings. The molecule has 0 aliphatic carbocycles. The molecule has 22 heavy (non-hydrogen) atoms. The highest BCUT2D eigenvalue weighted by Crippen LogP contribution is 2.16. The van der Waals surface area contributed by atoms with Crippen molar-refractivity contribution in [3.05, 3.63) is 0 Å². The molecule has 0 amide bonds. The van der Waals surface area contributed by atoms with Crippen LogP contribution in [-0.4, -0.2) is 72.5 Å². The minimum absolute atomic E-state index is 0.0407. The zero-order chi connectivity index (χ0) is 17.0. The fourth-order valence-corrected chi connectivity index (χ4v) is 2.83.